The first-order valence-electron chi connectivity index (χ1n) is 6.41. The summed E-state index contributed by atoms with van der Waals surface area (Å²) in [7, 11) is 1.78. The minimum absolute atomic E-state index is 0.151. The molecular formula is C16H17FN2O. The second kappa shape index (κ2) is 6.19. The molecule has 1 amide bonds. The summed E-state index contributed by atoms with van der Waals surface area (Å²) in [6.07, 6.45) is 0. The van der Waals surface area contributed by atoms with E-state index in [9.17, 15) is 9.18 Å². The van der Waals surface area contributed by atoms with Crippen LogP contribution in [0.2, 0.25) is 0 Å². The van der Waals surface area contributed by atoms with Crippen molar-refractivity contribution >= 4 is 11.6 Å². The first-order valence-corrected chi connectivity index (χ1v) is 6.41. The Morgan fingerprint density at radius 3 is 2.50 bits per heavy atom. The zero-order valence-corrected chi connectivity index (χ0v) is 11.5. The highest BCUT2D eigenvalue weighted by Gasteiger charge is 2.10. The van der Waals surface area contributed by atoms with Crippen molar-refractivity contribution in [1.82, 2.24) is 5.32 Å². The van der Waals surface area contributed by atoms with Gasteiger partial charge in [0.05, 0.1) is 5.56 Å². The molecule has 20 heavy (non-hydrogen) atoms. The van der Waals surface area contributed by atoms with Crippen molar-refractivity contribution in [2.45, 2.75) is 13.5 Å². The van der Waals surface area contributed by atoms with Crippen molar-refractivity contribution in [3.8, 4) is 0 Å². The molecule has 104 valence electrons. The number of carbonyl (C=O) groups excluding carboxylic acids is 1. The molecule has 0 aliphatic heterocycles. The number of hydrogen-bond donors (Lipinski definition) is 2. The molecule has 2 rings (SSSR count). The number of carbonyl (C=O) groups is 1. The first kappa shape index (κ1) is 14.1. The molecule has 0 aliphatic carbocycles. The Hall–Kier alpha value is -2.36. The van der Waals surface area contributed by atoms with Gasteiger partial charge >= 0.3 is 0 Å². The topological polar surface area (TPSA) is 41.1 Å². The van der Waals surface area contributed by atoms with E-state index in [1.807, 2.05) is 25.1 Å². The third-order valence-electron chi connectivity index (χ3n) is 3.06. The highest BCUT2D eigenvalue weighted by atomic mass is 19.1. The summed E-state index contributed by atoms with van der Waals surface area (Å²) in [4.78, 5) is 12.2. The molecular weight excluding hydrogens is 255 g/mol. The Morgan fingerprint density at radius 2 is 1.85 bits per heavy atom. The van der Waals surface area contributed by atoms with Gasteiger partial charge in [-0.2, -0.15) is 0 Å². The third-order valence-corrected chi connectivity index (χ3v) is 3.06. The first-order chi connectivity index (χ1) is 9.60. The molecule has 0 atom stereocenters. The fourth-order valence-corrected chi connectivity index (χ4v) is 1.94. The number of nitrogens with one attached hydrogen (secondary N) is 2. The number of anilines is 1. The van der Waals surface area contributed by atoms with Crippen molar-refractivity contribution in [1.29, 1.82) is 0 Å². The van der Waals surface area contributed by atoms with Crippen LogP contribution < -0.4 is 10.6 Å². The zero-order valence-electron chi connectivity index (χ0n) is 11.5. The molecule has 0 spiro atoms. The molecule has 0 saturated carbocycles. The predicted molar refractivity (Wildman–Crippen MR) is 78.3 cm³/mol. The fourth-order valence-electron chi connectivity index (χ4n) is 1.94. The number of halogens is 1. The van der Waals surface area contributed by atoms with E-state index in [1.165, 1.54) is 12.1 Å². The van der Waals surface area contributed by atoms with Crippen LogP contribution in [0.15, 0.2) is 42.5 Å². The van der Waals surface area contributed by atoms with Gasteiger partial charge in [0, 0.05) is 19.3 Å². The Balaban J connectivity index is 2.08. The van der Waals surface area contributed by atoms with E-state index in [4.69, 9.17) is 0 Å². The summed E-state index contributed by atoms with van der Waals surface area (Å²) in [6.45, 7) is 2.31. The van der Waals surface area contributed by atoms with Gasteiger partial charge in [0.1, 0.15) is 5.82 Å². The second-order valence-electron chi connectivity index (χ2n) is 4.61. The average molecular weight is 272 g/mol. The maximum atomic E-state index is 12.8. The van der Waals surface area contributed by atoms with Gasteiger partial charge in [-0.15, -0.1) is 0 Å². The van der Waals surface area contributed by atoms with Crippen LogP contribution in [0, 0.1) is 12.7 Å². The van der Waals surface area contributed by atoms with E-state index in [-0.39, 0.29) is 11.7 Å². The third kappa shape index (κ3) is 3.35. The molecule has 3 nitrogen and oxygen atoms in total. The van der Waals surface area contributed by atoms with Gasteiger partial charge in [-0.25, -0.2) is 4.39 Å². The quantitative estimate of drug-likeness (QED) is 0.898. The highest BCUT2D eigenvalue weighted by Crippen LogP contribution is 2.16. The molecule has 0 bridgehead atoms. The smallest absolute Gasteiger partial charge is 0.253 e. The second-order valence-corrected chi connectivity index (χ2v) is 4.61. The van der Waals surface area contributed by atoms with Gasteiger partial charge in [0.2, 0.25) is 0 Å². The van der Waals surface area contributed by atoms with Crippen LogP contribution in [0.25, 0.3) is 0 Å². The monoisotopic (exact) mass is 272 g/mol. The lowest BCUT2D eigenvalue weighted by Gasteiger charge is -2.11. The van der Waals surface area contributed by atoms with Crippen LogP contribution in [-0.4, -0.2) is 13.0 Å². The molecule has 0 aromatic heterocycles. The summed E-state index contributed by atoms with van der Waals surface area (Å²) in [5.41, 5.74) is 3.27. The van der Waals surface area contributed by atoms with Gasteiger partial charge in [-0.05, 0) is 36.8 Å². The van der Waals surface area contributed by atoms with Crippen LogP contribution in [0.3, 0.4) is 0 Å². The van der Waals surface area contributed by atoms with E-state index >= 15 is 0 Å². The van der Waals surface area contributed by atoms with E-state index in [0.29, 0.717) is 12.1 Å². The van der Waals surface area contributed by atoms with Crippen molar-refractivity contribution in [2.75, 3.05) is 12.4 Å². The Kier molecular flexibility index (Phi) is 4.35. The van der Waals surface area contributed by atoms with Gasteiger partial charge in [-0.3, -0.25) is 4.79 Å². The molecule has 4 heteroatoms. The van der Waals surface area contributed by atoms with Crippen LogP contribution in [-0.2, 0) is 6.54 Å². The minimum Gasteiger partial charge on any atom is -0.387 e. The Bertz CT molecular complexity index is 608. The minimum atomic E-state index is -0.281. The molecule has 2 aromatic carbocycles. The lowest BCUT2D eigenvalue weighted by molar-refractivity contribution is 0.0951. The van der Waals surface area contributed by atoms with Gasteiger partial charge < -0.3 is 10.6 Å². The van der Waals surface area contributed by atoms with Gasteiger partial charge in [-0.1, -0.05) is 23.8 Å². The summed E-state index contributed by atoms with van der Waals surface area (Å²) in [5.74, 6) is -0.432. The molecule has 0 saturated heterocycles. The average Bonchev–Trinajstić information content (AvgIpc) is 2.46. The van der Waals surface area contributed by atoms with Crippen molar-refractivity contribution in [3.05, 3.63) is 65.0 Å². The molecule has 0 aliphatic rings. The standard InChI is InChI=1S/C16H17FN2O/c1-11-3-8-15(18-2)14(9-11)16(20)19-10-12-4-6-13(17)7-5-12/h3-9,18H,10H2,1-2H3,(H,19,20). The van der Waals surface area contributed by atoms with E-state index < -0.39 is 0 Å². The number of benzene rings is 2. The van der Waals surface area contributed by atoms with E-state index in [1.54, 1.807) is 19.2 Å². The van der Waals surface area contributed by atoms with Gasteiger partial charge in [0.15, 0.2) is 0 Å². The zero-order chi connectivity index (χ0) is 14.5. The molecule has 2 aromatic rings. The van der Waals surface area contributed by atoms with Crippen molar-refractivity contribution in [3.63, 3.8) is 0 Å². The number of hydrogen-bond acceptors (Lipinski definition) is 2. The van der Waals surface area contributed by atoms with Crippen molar-refractivity contribution in [2.24, 2.45) is 0 Å². The molecule has 2 N–H and O–H groups in total. The summed E-state index contributed by atoms with van der Waals surface area (Å²) >= 11 is 0. The molecule has 0 heterocycles. The maximum Gasteiger partial charge on any atom is 0.253 e. The van der Waals surface area contributed by atoms with Crippen LogP contribution in [0.4, 0.5) is 10.1 Å². The Morgan fingerprint density at radius 1 is 1.15 bits per heavy atom. The van der Waals surface area contributed by atoms with Crippen LogP contribution >= 0.6 is 0 Å². The summed E-state index contributed by atoms with van der Waals surface area (Å²) in [5, 5.41) is 5.83. The summed E-state index contributed by atoms with van der Waals surface area (Å²) < 4.78 is 12.8. The summed E-state index contributed by atoms with van der Waals surface area (Å²) in [6, 6.07) is 11.7. The maximum absolute atomic E-state index is 12.8. The molecule has 0 fully saturated rings. The number of rotatable bonds is 4. The van der Waals surface area contributed by atoms with E-state index in [2.05, 4.69) is 10.6 Å². The largest absolute Gasteiger partial charge is 0.387 e. The fraction of sp³-hybridized carbons (Fsp3) is 0.188. The predicted octanol–water partition coefficient (Wildman–Crippen LogP) is 3.11. The normalized spacial score (nSPS) is 10.2. The highest BCUT2D eigenvalue weighted by molar-refractivity contribution is 5.99. The van der Waals surface area contributed by atoms with Crippen LogP contribution in [0.5, 0.6) is 0 Å². The number of amides is 1. The number of aryl methyl sites for hydroxylation is 1. The molecule has 0 radical (unpaired) electrons. The van der Waals surface area contributed by atoms with Crippen LogP contribution in [0.1, 0.15) is 21.5 Å². The molecule has 0 unspecified atom stereocenters. The Labute approximate surface area is 117 Å². The SMILES string of the molecule is CNc1ccc(C)cc1C(=O)NCc1ccc(F)cc1. The van der Waals surface area contributed by atoms with E-state index in [0.717, 1.165) is 16.8 Å². The van der Waals surface area contributed by atoms with Gasteiger partial charge in [0.25, 0.3) is 5.91 Å². The lowest BCUT2D eigenvalue weighted by atomic mass is 10.1. The van der Waals surface area contributed by atoms with Crippen molar-refractivity contribution < 1.29 is 9.18 Å². The lowest BCUT2D eigenvalue weighted by Crippen LogP contribution is -2.23.